The highest BCUT2D eigenvalue weighted by Gasteiger charge is 2.38. The maximum absolute atomic E-state index is 6.04. The molecule has 0 unspecified atom stereocenters. The summed E-state index contributed by atoms with van der Waals surface area (Å²) >= 11 is 6.04. The molecule has 2 aliphatic rings. The predicted octanol–water partition coefficient (Wildman–Crippen LogP) is 3.51. The summed E-state index contributed by atoms with van der Waals surface area (Å²) in [7, 11) is 2.16. The molecule has 1 heterocycles. The lowest BCUT2D eigenvalue weighted by atomic mass is 9.93. The van der Waals surface area contributed by atoms with Crippen molar-refractivity contribution in [3.63, 3.8) is 0 Å². The van der Waals surface area contributed by atoms with Gasteiger partial charge in [-0.1, -0.05) is 24.4 Å². The molecule has 1 fully saturated rings. The second-order valence-electron chi connectivity index (χ2n) is 5.13. The van der Waals surface area contributed by atoms with Gasteiger partial charge in [-0.05, 0) is 31.0 Å². The van der Waals surface area contributed by atoms with Crippen LogP contribution >= 0.6 is 11.6 Å². The molecule has 3 heteroatoms. The van der Waals surface area contributed by atoms with Gasteiger partial charge in [0.05, 0.1) is 16.9 Å². The molecule has 0 bridgehead atoms. The van der Waals surface area contributed by atoms with E-state index in [9.17, 15) is 0 Å². The quantitative estimate of drug-likeness (QED) is 0.742. The van der Waals surface area contributed by atoms with E-state index < -0.39 is 0 Å². The van der Waals surface area contributed by atoms with Crippen molar-refractivity contribution in [2.45, 2.75) is 31.2 Å². The molecule has 2 nitrogen and oxygen atoms in total. The van der Waals surface area contributed by atoms with Crippen molar-refractivity contribution in [3.8, 4) is 0 Å². The Morgan fingerprint density at radius 3 is 2.81 bits per heavy atom. The van der Waals surface area contributed by atoms with E-state index in [4.69, 9.17) is 11.6 Å². The fraction of sp³-hybridized carbons (Fsp3) is 0.538. The molecule has 16 heavy (non-hydrogen) atoms. The number of fused-ring (bicyclic) bond motifs is 1. The van der Waals surface area contributed by atoms with Crippen molar-refractivity contribution in [1.82, 2.24) is 0 Å². The Morgan fingerprint density at radius 1 is 1.31 bits per heavy atom. The summed E-state index contributed by atoms with van der Waals surface area (Å²) in [5.41, 5.74) is 2.78. The molecule has 1 spiro atoms. The van der Waals surface area contributed by atoms with Crippen LogP contribution in [0.15, 0.2) is 18.2 Å². The van der Waals surface area contributed by atoms with Crippen molar-refractivity contribution in [1.29, 1.82) is 0 Å². The van der Waals surface area contributed by atoms with Crippen LogP contribution in [0.1, 0.15) is 25.7 Å². The first kappa shape index (κ1) is 10.3. The van der Waals surface area contributed by atoms with Gasteiger partial charge in [0.1, 0.15) is 0 Å². The molecule has 86 valence electrons. The molecule has 1 saturated carbocycles. The molecule has 0 aromatic heterocycles. The van der Waals surface area contributed by atoms with Crippen LogP contribution in [-0.4, -0.2) is 19.1 Å². The van der Waals surface area contributed by atoms with Gasteiger partial charge in [-0.3, -0.25) is 0 Å². The van der Waals surface area contributed by atoms with Crippen molar-refractivity contribution in [2.24, 2.45) is 0 Å². The molecular formula is C13H17ClN2. The second-order valence-corrected chi connectivity index (χ2v) is 5.57. The molecular weight excluding hydrogens is 220 g/mol. The van der Waals surface area contributed by atoms with E-state index in [1.165, 1.54) is 37.1 Å². The lowest BCUT2D eigenvalue weighted by Crippen LogP contribution is -2.49. The lowest BCUT2D eigenvalue weighted by molar-refractivity contribution is 0.472. The zero-order valence-electron chi connectivity index (χ0n) is 9.59. The van der Waals surface area contributed by atoms with Crippen molar-refractivity contribution < 1.29 is 0 Å². The second kappa shape index (κ2) is 3.56. The monoisotopic (exact) mass is 236 g/mol. The van der Waals surface area contributed by atoms with Crippen LogP contribution in [0.25, 0.3) is 0 Å². The molecule has 0 amide bonds. The Labute approximate surface area is 102 Å². The molecule has 1 aromatic carbocycles. The Kier molecular flexibility index (Phi) is 2.28. The van der Waals surface area contributed by atoms with Crippen molar-refractivity contribution >= 4 is 23.0 Å². The largest absolute Gasteiger partial charge is 0.376 e. The van der Waals surface area contributed by atoms with Gasteiger partial charge in [0.15, 0.2) is 0 Å². The summed E-state index contributed by atoms with van der Waals surface area (Å²) in [4.78, 5) is 2.34. The Bertz CT molecular complexity index is 410. The highest BCUT2D eigenvalue weighted by Crippen LogP contribution is 2.42. The summed E-state index contributed by atoms with van der Waals surface area (Å²) in [5.74, 6) is 0. The van der Waals surface area contributed by atoms with Gasteiger partial charge in [-0.2, -0.15) is 0 Å². The number of likely N-dealkylation sites (N-methyl/N-ethyl adjacent to an activating group) is 1. The molecule has 0 atom stereocenters. The fourth-order valence-electron chi connectivity index (χ4n) is 3.13. The minimum Gasteiger partial charge on any atom is -0.376 e. The Morgan fingerprint density at radius 2 is 2.06 bits per heavy atom. The fourth-order valence-corrected chi connectivity index (χ4v) is 3.29. The standard InChI is InChI=1S/C13H17ClN2/c1-16-9-13(6-2-3-7-13)15-11-5-4-10(14)8-12(11)16/h4-5,8,15H,2-3,6-7,9H2,1H3. The van der Waals surface area contributed by atoms with Crippen LogP contribution in [0.3, 0.4) is 0 Å². The zero-order valence-corrected chi connectivity index (χ0v) is 10.3. The van der Waals surface area contributed by atoms with Gasteiger partial charge >= 0.3 is 0 Å². The van der Waals surface area contributed by atoms with E-state index in [1.807, 2.05) is 12.1 Å². The topological polar surface area (TPSA) is 15.3 Å². The number of halogens is 1. The van der Waals surface area contributed by atoms with E-state index in [0.717, 1.165) is 11.6 Å². The van der Waals surface area contributed by atoms with Gasteiger partial charge in [0.2, 0.25) is 0 Å². The van der Waals surface area contributed by atoms with E-state index in [2.05, 4.69) is 23.3 Å². The van der Waals surface area contributed by atoms with Crippen LogP contribution in [0.4, 0.5) is 11.4 Å². The highest BCUT2D eigenvalue weighted by atomic mass is 35.5. The molecule has 0 radical (unpaired) electrons. The number of hydrogen-bond donors (Lipinski definition) is 1. The molecule has 1 N–H and O–H groups in total. The summed E-state index contributed by atoms with van der Waals surface area (Å²) in [5, 5.41) is 4.54. The summed E-state index contributed by atoms with van der Waals surface area (Å²) in [6.07, 6.45) is 5.28. The predicted molar refractivity (Wildman–Crippen MR) is 69.5 cm³/mol. The van der Waals surface area contributed by atoms with E-state index in [0.29, 0.717) is 5.54 Å². The van der Waals surface area contributed by atoms with Crippen LogP contribution < -0.4 is 10.2 Å². The normalized spacial score (nSPS) is 22.0. The third-order valence-electron chi connectivity index (χ3n) is 3.87. The number of nitrogens with one attached hydrogen (secondary N) is 1. The van der Waals surface area contributed by atoms with Gasteiger partial charge < -0.3 is 10.2 Å². The van der Waals surface area contributed by atoms with Crippen LogP contribution in [0, 0.1) is 0 Å². The minimum atomic E-state index is 0.315. The molecule has 1 aliphatic heterocycles. The molecule has 1 aromatic rings. The van der Waals surface area contributed by atoms with E-state index >= 15 is 0 Å². The van der Waals surface area contributed by atoms with Gasteiger partial charge in [0, 0.05) is 18.6 Å². The third kappa shape index (κ3) is 1.56. The minimum absolute atomic E-state index is 0.315. The van der Waals surface area contributed by atoms with Crippen molar-refractivity contribution in [3.05, 3.63) is 23.2 Å². The number of nitrogens with zero attached hydrogens (tertiary/aromatic N) is 1. The maximum atomic E-state index is 6.04. The molecule has 0 saturated heterocycles. The van der Waals surface area contributed by atoms with Crippen molar-refractivity contribution in [2.75, 3.05) is 23.8 Å². The Balaban J connectivity index is 1.99. The van der Waals surface area contributed by atoms with Gasteiger partial charge in [0.25, 0.3) is 0 Å². The van der Waals surface area contributed by atoms with Gasteiger partial charge in [-0.25, -0.2) is 0 Å². The average Bonchev–Trinajstić information content (AvgIpc) is 2.68. The molecule has 3 rings (SSSR count). The maximum Gasteiger partial charge on any atom is 0.0615 e. The van der Waals surface area contributed by atoms with Crippen LogP contribution in [-0.2, 0) is 0 Å². The number of anilines is 2. The van der Waals surface area contributed by atoms with Crippen LogP contribution in [0.5, 0.6) is 0 Å². The molecule has 1 aliphatic carbocycles. The SMILES string of the molecule is CN1CC2(CCCC2)Nc2ccc(Cl)cc21. The first-order chi connectivity index (χ1) is 7.69. The summed E-state index contributed by atoms with van der Waals surface area (Å²) in [6.45, 7) is 1.10. The third-order valence-corrected chi connectivity index (χ3v) is 4.11. The first-order valence-corrected chi connectivity index (χ1v) is 6.35. The van der Waals surface area contributed by atoms with Gasteiger partial charge in [-0.15, -0.1) is 0 Å². The Hall–Kier alpha value is -0.890. The summed E-state index contributed by atoms with van der Waals surface area (Å²) < 4.78 is 0. The number of benzene rings is 1. The summed E-state index contributed by atoms with van der Waals surface area (Å²) in [6, 6.07) is 6.12. The number of rotatable bonds is 0. The zero-order chi connectivity index (χ0) is 11.2. The van der Waals surface area contributed by atoms with E-state index in [-0.39, 0.29) is 0 Å². The lowest BCUT2D eigenvalue weighted by Gasteiger charge is -2.42. The smallest absolute Gasteiger partial charge is 0.0615 e. The first-order valence-electron chi connectivity index (χ1n) is 5.97. The van der Waals surface area contributed by atoms with Crippen LogP contribution in [0.2, 0.25) is 5.02 Å². The highest BCUT2D eigenvalue weighted by molar-refractivity contribution is 6.31. The average molecular weight is 237 g/mol. The van der Waals surface area contributed by atoms with E-state index in [1.54, 1.807) is 0 Å². The number of hydrogen-bond acceptors (Lipinski definition) is 2.